The second-order valence-corrected chi connectivity index (χ2v) is 6.50. The van der Waals surface area contributed by atoms with Crippen LogP contribution in [0, 0.1) is 5.92 Å². The van der Waals surface area contributed by atoms with Crippen molar-refractivity contribution in [2.45, 2.75) is 51.1 Å². The van der Waals surface area contributed by atoms with Crippen LogP contribution < -0.4 is 5.32 Å². The number of hydrogen-bond acceptors (Lipinski definition) is 2. The van der Waals surface area contributed by atoms with E-state index in [1.807, 2.05) is 0 Å². The van der Waals surface area contributed by atoms with Crippen molar-refractivity contribution in [2.24, 2.45) is 5.92 Å². The van der Waals surface area contributed by atoms with Crippen molar-refractivity contribution in [1.29, 1.82) is 0 Å². The molecule has 2 atom stereocenters. The molecule has 0 spiro atoms. The Morgan fingerprint density at radius 2 is 2.11 bits per heavy atom. The maximum Gasteiger partial charge on any atom is 0.0419 e. The smallest absolute Gasteiger partial charge is 0.0419 e. The van der Waals surface area contributed by atoms with Crippen molar-refractivity contribution in [1.82, 2.24) is 4.90 Å². The van der Waals surface area contributed by atoms with Gasteiger partial charge in [0.15, 0.2) is 0 Å². The monoisotopic (exact) mass is 256 g/mol. The normalized spacial score (nSPS) is 29.9. The Labute approximate surface area is 116 Å². The Hall–Kier alpha value is -1.02. The quantitative estimate of drug-likeness (QED) is 0.872. The molecule has 102 valence electrons. The van der Waals surface area contributed by atoms with E-state index in [1.54, 1.807) is 0 Å². The van der Waals surface area contributed by atoms with Gasteiger partial charge in [0.25, 0.3) is 0 Å². The third kappa shape index (κ3) is 2.06. The van der Waals surface area contributed by atoms with Crippen LogP contribution in [0.5, 0.6) is 0 Å². The van der Waals surface area contributed by atoms with Gasteiger partial charge in [0.2, 0.25) is 0 Å². The molecule has 4 rings (SSSR count). The summed E-state index contributed by atoms with van der Waals surface area (Å²) >= 11 is 0. The van der Waals surface area contributed by atoms with Gasteiger partial charge in [-0.15, -0.1) is 0 Å². The highest BCUT2D eigenvalue weighted by molar-refractivity contribution is 5.61. The van der Waals surface area contributed by atoms with Crippen LogP contribution in [0.4, 0.5) is 5.69 Å². The maximum absolute atomic E-state index is 3.59. The molecular weight excluding hydrogens is 232 g/mol. The van der Waals surface area contributed by atoms with Gasteiger partial charge in [0.05, 0.1) is 0 Å². The Bertz CT molecular complexity index is 468. The highest BCUT2D eigenvalue weighted by atomic mass is 15.2. The van der Waals surface area contributed by atoms with Gasteiger partial charge in [-0.2, -0.15) is 0 Å². The van der Waals surface area contributed by atoms with E-state index < -0.39 is 0 Å². The molecule has 19 heavy (non-hydrogen) atoms. The second-order valence-electron chi connectivity index (χ2n) is 6.50. The number of nitrogens with zero attached hydrogens (tertiary/aromatic N) is 1. The molecule has 0 amide bonds. The molecule has 1 saturated heterocycles. The van der Waals surface area contributed by atoms with E-state index in [0.29, 0.717) is 0 Å². The minimum Gasteiger partial charge on any atom is -0.384 e. The van der Waals surface area contributed by atoms with E-state index in [-0.39, 0.29) is 0 Å². The lowest BCUT2D eigenvalue weighted by molar-refractivity contribution is 0.176. The predicted octanol–water partition coefficient (Wildman–Crippen LogP) is 3.42. The summed E-state index contributed by atoms with van der Waals surface area (Å²) in [6.07, 6.45) is 8.47. The summed E-state index contributed by atoms with van der Waals surface area (Å²) in [4.78, 5) is 2.76. The van der Waals surface area contributed by atoms with Crippen LogP contribution in [0.25, 0.3) is 0 Å². The van der Waals surface area contributed by atoms with Crippen molar-refractivity contribution < 1.29 is 0 Å². The number of para-hydroxylation sites is 1. The van der Waals surface area contributed by atoms with Crippen LogP contribution in [0.2, 0.25) is 0 Å². The van der Waals surface area contributed by atoms with Gasteiger partial charge in [-0.1, -0.05) is 31.0 Å². The van der Waals surface area contributed by atoms with E-state index in [0.717, 1.165) is 25.0 Å². The molecule has 1 aromatic carbocycles. The fourth-order valence-corrected chi connectivity index (χ4v) is 4.46. The summed E-state index contributed by atoms with van der Waals surface area (Å²) in [7, 11) is 0. The number of benzene rings is 1. The molecule has 2 nitrogen and oxygen atoms in total. The SMILES string of the molecule is c1cc2c(c(CN3CCC4CCCCC43)c1)NCC2. The summed E-state index contributed by atoms with van der Waals surface area (Å²) in [5.74, 6) is 0.999. The van der Waals surface area contributed by atoms with Crippen molar-refractivity contribution in [3.05, 3.63) is 29.3 Å². The van der Waals surface area contributed by atoms with Crippen LogP contribution in [0.3, 0.4) is 0 Å². The van der Waals surface area contributed by atoms with Crippen LogP contribution in [0.1, 0.15) is 43.2 Å². The van der Waals surface area contributed by atoms with Crippen molar-refractivity contribution in [2.75, 3.05) is 18.4 Å². The molecule has 1 aromatic rings. The first kappa shape index (κ1) is 11.8. The average molecular weight is 256 g/mol. The molecule has 2 unspecified atom stereocenters. The van der Waals surface area contributed by atoms with Gasteiger partial charge in [-0.3, -0.25) is 4.90 Å². The molecule has 3 aliphatic rings. The highest BCUT2D eigenvalue weighted by Crippen LogP contribution is 2.38. The molecule has 0 aromatic heterocycles. The minimum atomic E-state index is 0.881. The zero-order valence-corrected chi connectivity index (χ0v) is 11.7. The fourth-order valence-electron chi connectivity index (χ4n) is 4.46. The summed E-state index contributed by atoms with van der Waals surface area (Å²) in [5, 5.41) is 3.59. The lowest BCUT2D eigenvalue weighted by Gasteiger charge is -2.32. The van der Waals surface area contributed by atoms with Gasteiger partial charge in [0, 0.05) is 24.8 Å². The molecule has 2 aliphatic heterocycles. The molecule has 2 heteroatoms. The molecule has 0 radical (unpaired) electrons. The van der Waals surface area contributed by atoms with Gasteiger partial charge in [-0.25, -0.2) is 0 Å². The van der Waals surface area contributed by atoms with Crippen LogP contribution in [-0.2, 0) is 13.0 Å². The Morgan fingerprint density at radius 3 is 3.11 bits per heavy atom. The standard InChI is InChI=1S/C17H24N2/c1-2-7-16-13(4-1)9-11-19(16)12-15-6-3-5-14-8-10-18-17(14)15/h3,5-6,13,16,18H,1-2,4,7-12H2. The fraction of sp³-hybridized carbons (Fsp3) is 0.647. The number of rotatable bonds is 2. The first-order valence-corrected chi connectivity index (χ1v) is 8.00. The second kappa shape index (κ2) is 4.82. The number of anilines is 1. The molecule has 2 fully saturated rings. The highest BCUT2D eigenvalue weighted by Gasteiger charge is 2.35. The number of hydrogen-bond donors (Lipinski definition) is 1. The van der Waals surface area contributed by atoms with Gasteiger partial charge >= 0.3 is 0 Å². The Morgan fingerprint density at radius 1 is 1.16 bits per heavy atom. The van der Waals surface area contributed by atoms with Crippen molar-refractivity contribution in [3.63, 3.8) is 0 Å². The number of likely N-dealkylation sites (tertiary alicyclic amines) is 1. The van der Waals surface area contributed by atoms with E-state index in [4.69, 9.17) is 0 Å². The lowest BCUT2D eigenvalue weighted by Crippen LogP contribution is -2.34. The predicted molar refractivity (Wildman–Crippen MR) is 79.4 cm³/mol. The number of fused-ring (bicyclic) bond motifs is 2. The van der Waals surface area contributed by atoms with E-state index >= 15 is 0 Å². The summed E-state index contributed by atoms with van der Waals surface area (Å²) in [5.41, 5.74) is 4.50. The molecule has 2 heterocycles. The third-order valence-electron chi connectivity index (χ3n) is 5.43. The van der Waals surface area contributed by atoms with Crippen LogP contribution >= 0.6 is 0 Å². The van der Waals surface area contributed by atoms with Crippen molar-refractivity contribution in [3.8, 4) is 0 Å². The van der Waals surface area contributed by atoms with Gasteiger partial charge < -0.3 is 5.32 Å². The average Bonchev–Trinajstić information content (AvgIpc) is 3.06. The van der Waals surface area contributed by atoms with Gasteiger partial charge in [0.1, 0.15) is 0 Å². The lowest BCUT2D eigenvalue weighted by atomic mass is 9.85. The zero-order chi connectivity index (χ0) is 12.7. The summed E-state index contributed by atoms with van der Waals surface area (Å²) in [6.45, 7) is 3.61. The van der Waals surface area contributed by atoms with Gasteiger partial charge in [-0.05, 0) is 49.3 Å². The summed E-state index contributed by atoms with van der Waals surface area (Å²) < 4.78 is 0. The first-order valence-electron chi connectivity index (χ1n) is 8.00. The van der Waals surface area contributed by atoms with Crippen LogP contribution in [0.15, 0.2) is 18.2 Å². The van der Waals surface area contributed by atoms with E-state index in [1.165, 1.54) is 61.9 Å². The molecule has 1 aliphatic carbocycles. The molecular formula is C17H24N2. The van der Waals surface area contributed by atoms with E-state index in [9.17, 15) is 0 Å². The Kier molecular flexibility index (Phi) is 2.99. The Balaban J connectivity index is 1.54. The molecule has 1 N–H and O–H groups in total. The number of nitrogens with one attached hydrogen (secondary N) is 1. The largest absolute Gasteiger partial charge is 0.384 e. The molecule has 1 saturated carbocycles. The van der Waals surface area contributed by atoms with Crippen molar-refractivity contribution >= 4 is 5.69 Å². The van der Waals surface area contributed by atoms with E-state index in [2.05, 4.69) is 28.4 Å². The first-order chi connectivity index (χ1) is 9.42. The maximum atomic E-state index is 3.59. The molecule has 0 bridgehead atoms. The third-order valence-corrected chi connectivity index (χ3v) is 5.43. The topological polar surface area (TPSA) is 15.3 Å². The minimum absolute atomic E-state index is 0.881. The zero-order valence-electron chi connectivity index (χ0n) is 11.7. The van der Waals surface area contributed by atoms with Crippen LogP contribution in [-0.4, -0.2) is 24.0 Å². The summed E-state index contributed by atoms with van der Waals surface area (Å²) in [6, 6.07) is 7.74.